The molecule has 0 spiro atoms. The average molecular weight is 640 g/mol. The molecule has 6 aromatic carbocycles. The summed E-state index contributed by atoms with van der Waals surface area (Å²) in [6.45, 7) is 0. The highest BCUT2D eigenvalue weighted by atomic mass is 14.9. The molecule has 0 saturated carbocycles. The van der Waals surface area contributed by atoms with Gasteiger partial charge in [-0.2, -0.15) is 0 Å². The highest BCUT2D eigenvalue weighted by molar-refractivity contribution is 6.19. The van der Waals surface area contributed by atoms with Crippen molar-refractivity contribution in [3.8, 4) is 56.2 Å². The summed E-state index contributed by atoms with van der Waals surface area (Å²) < 4.78 is 0. The maximum atomic E-state index is 5.20. The Kier molecular flexibility index (Phi) is 7.64. The summed E-state index contributed by atoms with van der Waals surface area (Å²) in [6, 6.07) is 51.5. The van der Waals surface area contributed by atoms with Gasteiger partial charge < -0.3 is 0 Å². The van der Waals surface area contributed by atoms with Crippen molar-refractivity contribution >= 4 is 27.1 Å². The molecule has 9 rings (SSSR count). The lowest BCUT2D eigenvalue weighted by atomic mass is 9.84. The second kappa shape index (κ2) is 12.9. The number of fused-ring (bicyclic) bond motifs is 2. The predicted octanol–water partition coefficient (Wildman–Crippen LogP) is 12.2. The third-order valence-corrected chi connectivity index (χ3v) is 9.65. The molecule has 0 radical (unpaired) electrons. The van der Waals surface area contributed by atoms with E-state index >= 15 is 0 Å². The minimum atomic E-state index is 0.698. The van der Waals surface area contributed by atoms with E-state index in [9.17, 15) is 0 Å². The van der Waals surface area contributed by atoms with Crippen molar-refractivity contribution in [3.63, 3.8) is 0 Å². The Hall–Kier alpha value is -6.45. The normalized spacial score (nSPS) is 12.7. The molecule has 0 aliphatic heterocycles. The zero-order chi connectivity index (χ0) is 33.3. The number of pyridine rings is 1. The highest BCUT2D eigenvalue weighted by Crippen LogP contribution is 2.44. The zero-order valence-electron chi connectivity index (χ0n) is 27.5. The Morgan fingerprint density at radius 3 is 1.66 bits per heavy atom. The van der Waals surface area contributed by atoms with Crippen LogP contribution in [0.5, 0.6) is 0 Å². The van der Waals surface area contributed by atoms with E-state index in [0.29, 0.717) is 5.82 Å². The molecule has 0 atom stereocenters. The minimum absolute atomic E-state index is 0.698. The fourth-order valence-corrected chi connectivity index (χ4v) is 7.26. The Bertz CT molecular complexity index is 2510. The molecule has 3 nitrogen and oxygen atoms in total. The van der Waals surface area contributed by atoms with Crippen LogP contribution in [0.1, 0.15) is 18.4 Å². The summed E-state index contributed by atoms with van der Waals surface area (Å²) >= 11 is 0. The third-order valence-electron chi connectivity index (χ3n) is 9.65. The summed E-state index contributed by atoms with van der Waals surface area (Å²) in [5.74, 6) is 0.698. The molecule has 0 bridgehead atoms. The number of aromatic nitrogens is 3. The number of rotatable bonds is 6. The molecule has 3 heteroatoms. The fourth-order valence-electron chi connectivity index (χ4n) is 7.26. The Morgan fingerprint density at radius 2 is 1.02 bits per heavy atom. The average Bonchev–Trinajstić information content (AvgIpc) is 3.21. The van der Waals surface area contributed by atoms with E-state index in [0.717, 1.165) is 57.6 Å². The first-order valence-corrected chi connectivity index (χ1v) is 17.2. The molecule has 2 aromatic heterocycles. The lowest BCUT2D eigenvalue weighted by molar-refractivity contribution is 1.06. The second-order valence-electron chi connectivity index (χ2n) is 12.7. The van der Waals surface area contributed by atoms with Crippen LogP contribution in [-0.2, 0) is 0 Å². The first-order valence-electron chi connectivity index (χ1n) is 17.2. The number of nitrogens with zero attached hydrogens (tertiary/aromatic N) is 3. The minimum Gasteiger partial charge on any atom is -0.264 e. The summed E-state index contributed by atoms with van der Waals surface area (Å²) in [7, 11) is 0. The SMILES string of the molecule is C1=CCCC(c2c3ccccc3c(-c3cccc(-c4nc(-c5ccccc5)cc(-c5ccc(-c6cccnc6)cc5)n4)c3)c3ccccc23)=C1. The predicted molar refractivity (Wildman–Crippen MR) is 208 cm³/mol. The smallest absolute Gasteiger partial charge is 0.160 e. The number of hydrogen-bond donors (Lipinski definition) is 0. The quantitative estimate of drug-likeness (QED) is 0.170. The number of benzene rings is 6. The van der Waals surface area contributed by atoms with Crippen LogP contribution in [0.15, 0.2) is 176 Å². The maximum absolute atomic E-state index is 5.20. The molecule has 0 unspecified atom stereocenters. The third kappa shape index (κ3) is 5.49. The molecule has 8 aromatic rings. The molecule has 0 amide bonds. The maximum Gasteiger partial charge on any atom is 0.160 e. The van der Waals surface area contributed by atoms with Crippen molar-refractivity contribution in [2.45, 2.75) is 12.8 Å². The molecule has 0 fully saturated rings. The summed E-state index contributed by atoms with van der Waals surface area (Å²) in [6.07, 6.45) is 12.5. The van der Waals surface area contributed by atoms with E-state index < -0.39 is 0 Å². The van der Waals surface area contributed by atoms with Gasteiger partial charge in [0.05, 0.1) is 11.4 Å². The molecule has 1 aliphatic rings. The van der Waals surface area contributed by atoms with Crippen LogP contribution in [0.3, 0.4) is 0 Å². The molecular formula is C47H33N3. The lowest BCUT2D eigenvalue weighted by Crippen LogP contribution is -1.97. The van der Waals surface area contributed by atoms with Gasteiger partial charge in [-0.15, -0.1) is 0 Å². The van der Waals surface area contributed by atoms with E-state index in [1.165, 1.54) is 38.2 Å². The molecule has 2 heterocycles. The van der Waals surface area contributed by atoms with Gasteiger partial charge in [0, 0.05) is 29.1 Å². The molecule has 0 saturated heterocycles. The van der Waals surface area contributed by atoms with Gasteiger partial charge in [-0.3, -0.25) is 4.98 Å². The number of allylic oxidation sites excluding steroid dienone is 4. The van der Waals surface area contributed by atoms with E-state index in [1.54, 1.807) is 6.20 Å². The summed E-state index contributed by atoms with van der Waals surface area (Å²) in [4.78, 5) is 14.7. The molecule has 1 aliphatic carbocycles. The van der Waals surface area contributed by atoms with Crippen molar-refractivity contribution in [1.82, 2.24) is 15.0 Å². The Morgan fingerprint density at radius 1 is 0.440 bits per heavy atom. The highest BCUT2D eigenvalue weighted by Gasteiger charge is 2.19. The van der Waals surface area contributed by atoms with Crippen molar-refractivity contribution in [2.24, 2.45) is 0 Å². The largest absolute Gasteiger partial charge is 0.264 e. The summed E-state index contributed by atoms with van der Waals surface area (Å²) in [5, 5.41) is 5.07. The molecule has 0 N–H and O–H groups in total. The van der Waals surface area contributed by atoms with Crippen molar-refractivity contribution in [2.75, 3.05) is 0 Å². The monoisotopic (exact) mass is 639 g/mol. The topological polar surface area (TPSA) is 38.7 Å². The van der Waals surface area contributed by atoms with Gasteiger partial charge in [-0.05, 0) is 86.0 Å². The van der Waals surface area contributed by atoms with Gasteiger partial charge in [-0.1, -0.05) is 146 Å². The van der Waals surface area contributed by atoms with Crippen molar-refractivity contribution in [3.05, 3.63) is 182 Å². The van der Waals surface area contributed by atoms with Crippen molar-refractivity contribution < 1.29 is 0 Å². The fraction of sp³-hybridized carbons (Fsp3) is 0.0426. The van der Waals surface area contributed by atoms with Gasteiger partial charge in [0.2, 0.25) is 0 Å². The van der Waals surface area contributed by atoms with Crippen molar-refractivity contribution in [1.29, 1.82) is 0 Å². The van der Waals surface area contributed by atoms with E-state index in [4.69, 9.17) is 9.97 Å². The molecule has 50 heavy (non-hydrogen) atoms. The first-order chi connectivity index (χ1) is 24.8. The molecular weight excluding hydrogens is 607 g/mol. The van der Waals surface area contributed by atoms with Crippen LogP contribution < -0.4 is 0 Å². The van der Waals surface area contributed by atoms with E-state index in [1.807, 2.05) is 18.3 Å². The lowest BCUT2D eigenvalue weighted by Gasteiger charge is -2.20. The van der Waals surface area contributed by atoms with Gasteiger partial charge in [-0.25, -0.2) is 9.97 Å². The second-order valence-corrected chi connectivity index (χ2v) is 12.7. The van der Waals surface area contributed by atoms with Crippen LogP contribution in [0.25, 0.3) is 83.3 Å². The van der Waals surface area contributed by atoms with Crippen LogP contribution >= 0.6 is 0 Å². The standard InChI is InChI=1S/C47H33N3/c1-3-13-33(14-4-1)43-30-44(34-26-24-32(25-27-34)38-19-12-28-48-31-38)50-47(49-43)37-18-11-17-36(29-37)46-41-22-9-7-20-39(41)45(35-15-5-2-6-16-35)40-21-8-10-23-42(40)46/h1-5,7-15,17-31H,6,16H2. The van der Waals surface area contributed by atoms with Gasteiger partial charge in [0.25, 0.3) is 0 Å². The van der Waals surface area contributed by atoms with Crippen LogP contribution in [0, 0.1) is 0 Å². The number of hydrogen-bond acceptors (Lipinski definition) is 3. The Balaban J connectivity index is 1.21. The van der Waals surface area contributed by atoms with Crippen LogP contribution in [0.4, 0.5) is 0 Å². The summed E-state index contributed by atoms with van der Waals surface area (Å²) in [5.41, 5.74) is 12.2. The van der Waals surface area contributed by atoms with E-state index in [-0.39, 0.29) is 0 Å². The zero-order valence-corrected chi connectivity index (χ0v) is 27.5. The van der Waals surface area contributed by atoms with Gasteiger partial charge >= 0.3 is 0 Å². The first kappa shape index (κ1) is 29.7. The molecule has 236 valence electrons. The van der Waals surface area contributed by atoms with Gasteiger partial charge in [0.1, 0.15) is 0 Å². The van der Waals surface area contributed by atoms with Crippen LogP contribution in [0.2, 0.25) is 0 Å². The van der Waals surface area contributed by atoms with Crippen LogP contribution in [-0.4, -0.2) is 15.0 Å². The van der Waals surface area contributed by atoms with E-state index in [2.05, 4.69) is 157 Å². The Labute approximate surface area is 292 Å². The van der Waals surface area contributed by atoms with Gasteiger partial charge in [0.15, 0.2) is 5.82 Å².